The number of anilines is 1. The van der Waals surface area contributed by atoms with Crippen LogP contribution < -0.4 is 5.32 Å². The molecule has 26 heavy (non-hydrogen) atoms. The van der Waals surface area contributed by atoms with Crippen molar-refractivity contribution < 1.29 is 13.2 Å². The molecule has 0 aliphatic carbocycles. The molecule has 0 aromatic heterocycles. The first kappa shape index (κ1) is 20.5. The molecule has 1 N–H and O–H groups in total. The first-order chi connectivity index (χ1) is 12.1. The van der Waals surface area contributed by atoms with Gasteiger partial charge in [0.2, 0.25) is 10.0 Å². The standard InChI is InChI=1S/C17H19Cl2N3O3S/c1-21(2)26(24,25)14-8-5-7-13(10-14)20-17(23)22(3)11-12-6-4-9-15(18)16(12)19/h4-10H,11H2,1-3H3,(H,20,23). The van der Waals surface area contributed by atoms with Gasteiger partial charge in [0.25, 0.3) is 0 Å². The average molecular weight is 416 g/mol. The van der Waals surface area contributed by atoms with E-state index in [9.17, 15) is 13.2 Å². The number of hydrogen-bond donors (Lipinski definition) is 1. The van der Waals surface area contributed by atoms with Crippen LogP contribution in [0.15, 0.2) is 47.4 Å². The largest absolute Gasteiger partial charge is 0.323 e. The Morgan fingerprint density at radius 2 is 1.73 bits per heavy atom. The van der Waals surface area contributed by atoms with Gasteiger partial charge in [-0.3, -0.25) is 0 Å². The van der Waals surface area contributed by atoms with Gasteiger partial charge < -0.3 is 10.2 Å². The molecule has 0 saturated carbocycles. The molecule has 0 atom stereocenters. The summed E-state index contributed by atoms with van der Waals surface area (Å²) in [6.07, 6.45) is 0. The van der Waals surface area contributed by atoms with Crippen molar-refractivity contribution in [3.63, 3.8) is 0 Å². The fourth-order valence-corrected chi connectivity index (χ4v) is 3.49. The van der Waals surface area contributed by atoms with Gasteiger partial charge >= 0.3 is 6.03 Å². The fourth-order valence-electron chi connectivity index (χ4n) is 2.16. The maximum absolute atomic E-state index is 12.4. The molecule has 6 nitrogen and oxygen atoms in total. The van der Waals surface area contributed by atoms with E-state index >= 15 is 0 Å². The molecule has 2 aromatic rings. The van der Waals surface area contributed by atoms with E-state index < -0.39 is 16.1 Å². The van der Waals surface area contributed by atoms with Gasteiger partial charge in [0, 0.05) is 33.4 Å². The van der Waals surface area contributed by atoms with E-state index in [0.717, 1.165) is 4.31 Å². The highest BCUT2D eigenvalue weighted by atomic mass is 35.5. The summed E-state index contributed by atoms with van der Waals surface area (Å²) in [6.45, 7) is 0.251. The van der Waals surface area contributed by atoms with Crippen molar-refractivity contribution in [1.29, 1.82) is 0 Å². The Balaban J connectivity index is 2.13. The molecule has 0 saturated heterocycles. The van der Waals surface area contributed by atoms with Gasteiger partial charge in [-0.2, -0.15) is 0 Å². The van der Waals surface area contributed by atoms with Crippen LogP contribution in [0.3, 0.4) is 0 Å². The summed E-state index contributed by atoms with van der Waals surface area (Å²) in [5.41, 5.74) is 1.09. The number of nitrogens with zero attached hydrogens (tertiary/aromatic N) is 2. The molecule has 0 radical (unpaired) electrons. The zero-order valence-corrected chi connectivity index (χ0v) is 16.9. The number of sulfonamides is 1. The van der Waals surface area contributed by atoms with E-state index in [1.165, 1.54) is 31.1 Å². The van der Waals surface area contributed by atoms with Crippen LogP contribution in [0.25, 0.3) is 0 Å². The van der Waals surface area contributed by atoms with Crippen LogP contribution in [0.1, 0.15) is 5.56 Å². The van der Waals surface area contributed by atoms with Gasteiger partial charge in [-0.1, -0.05) is 41.4 Å². The van der Waals surface area contributed by atoms with Gasteiger partial charge in [-0.15, -0.1) is 0 Å². The minimum atomic E-state index is -3.58. The van der Waals surface area contributed by atoms with Crippen molar-refractivity contribution in [1.82, 2.24) is 9.21 Å². The summed E-state index contributed by atoms with van der Waals surface area (Å²) in [5.74, 6) is 0. The van der Waals surface area contributed by atoms with E-state index in [4.69, 9.17) is 23.2 Å². The third-order valence-electron chi connectivity index (χ3n) is 3.65. The molecular weight excluding hydrogens is 397 g/mol. The summed E-state index contributed by atoms with van der Waals surface area (Å²) >= 11 is 12.1. The Bertz CT molecular complexity index is 917. The third kappa shape index (κ3) is 4.67. The van der Waals surface area contributed by atoms with Crippen LogP contribution in [0, 0.1) is 0 Å². The second kappa shape index (κ2) is 8.26. The monoisotopic (exact) mass is 415 g/mol. The smallest absolute Gasteiger partial charge is 0.321 e. The Labute approximate surface area is 163 Å². The lowest BCUT2D eigenvalue weighted by Crippen LogP contribution is -2.31. The topological polar surface area (TPSA) is 69.7 Å². The normalized spacial score (nSPS) is 11.5. The Morgan fingerprint density at radius 1 is 1.08 bits per heavy atom. The number of amides is 2. The molecule has 9 heteroatoms. The van der Waals surface area contributed by atoms with Gasteiger partial charge in [0.1, 0.15) is 0 Å². The molecule has 0 spiro atoms. The average Bonchev–Trinajstić information content (AvgIpc) is 2.59. The van der Waals surface area contributed by atoms with E-state index in [1.807, 2.05) is 0 Å². The molecule has 0 aliphatic rings. The predicted octanol–water partition coefficient (Wildman–Crippen LogP) is 3.91. The summed E-state index contributed by atoms with van der Waals surface area (Å²) in [6, 6.07) is 10.9. The zero-order chi connectivity index (χ0) is 19.5. The highest BCUT2D eigenvalue weighted by molar-refractivity contribution is 7.89. The minimum absolute atomic E-state index is 0.0980. The lowest BCUT2D eigenvalue weighted by molar-refractivity contribution is 0.220. The molecule has 0 bridgehead atoms. The van der Waals surface area contributed by atoms with E-state index in [1.54, 1.807) is 37.4 Å². The summed E-state index contributed by atoms with van der Waals surface area (Å²) in [5, 5.41) is 3.49. The van der Waals surface area contributed by atoms with Crippen molar-refractivity contribution in [2.24, 2.45) is 0 Å². The SMILES string of the molecule is CN(Cc1cccc(Cl)c1Cl)C(=O)Nc1cccc(S(=O)(=O)N(C)C)c1. The van der Waals surface area contributed by atoms with Crippen LogP contribution in [0.5, 0.6) is 0 Å². The third-order valence-corrected chi connectivity index (χ3v) is 6.32. The number of nitrogens with one attached hydrogen (secondary N) is 1. The van der Waals surface area contributed by atoms with Gasteiger partial charge in [-0.05, 0) is 29.8 Å². The first-order valence-electron chi connectivity index (χ1n) is 7.60. The number of halogens is 2. The van der Waals surface area contributed by atoms with Crippen LogP contribution in [0.4, 0.5) is 10.5 Å². The molecular formula is C17H19Cl2N3O3S. The van der Waals surface area contributed by atoms with Crippen molar-refractivity contribution in [2.45, 2.75) is 11.4 Å². The zero-order valence-electron chi connectivity index (χ0n) is 14.5. The number of benzene rings is 2. The lowest BCUT2D eigenvalue weighted by atomic mass is 10.2. The van der Waals surface area contributed by atoms with Crippen LogP contribution in [-0.2, 0) is 16.6 Å². The number of hydrogen-bond acceptors (Lipinski definition) is 3. The minimum Gasteiger partial charge on any atom is -0.323 e. The highest BCUT2D eigenvalue weighted by Crippen LogP contribution is 2.26. The lowest BCUT2D eigenvalue weighted by Gasteiger charge is -2.19. The predicted molar refractivity (Wildman–Crippen MR) is 104 cm³/mol. The van der Waals surface area contributed by atoms with E-state index in [-0.39, 0.29) is 11.4 Å². The molecule has 0 aliphatic heterocycles. The summed E-state index contributed by atoms with van der Waals surface area (Å²) < 4.78 is 25.5. The second-order valence-corrected chi connectivity index (χ2v) is 8.75. The maximum atomic E-state index is 12.4. The number of carbonyl (C=O) groups excluding carboxylic acids is 1. The summed E-state index contributed by atoms with van der Waals surface area (Å²) in [4.78, 5) is 13.9. The number of urea groups is 1. The Hall–Kier alpha value is -1.80. The molecule has 0 fully saturated rings. The highest BCUT2D eigenvalue weighted by Gasteiger charge is 2.18. The first-order valence-corrected chi connectivity index (χ1v) is 9.80. The van der Waals surface area contributed by atoms with Crippen molar-refractivity contribution in [3.05, 3.63) is 58.1 Å². The van der Waals surface area contributed by atoms with E-state index in [0.29, 0.717) is 21.3 Å². The van der Waals surface area contributed by atoms with Crippen LogP contribution in [-0.4, -0.2) is 44.8 Å². The van der Waals surface area contributed by atoms with Gasteiger partial charge in [0.15, 0.2) is 0 Å². The molecule has 2 amide bonds. The Kier molecular flexibility index (Phi) is 6.52. The van der Waals surface area contributed by atoms with Crippen molar-refractivity contribution in [3.8, 4) is 0 Å². The van der Waals surface area contributed by atoms with Crippen molar-refractivity contribution >= 4 is 44.9 Å². The van der Waals surface area contributed by atoms with Crippen LogP contribution >= 0.6 is 23.2 Å². The Morgan fingerprint density at radius 3 is 2.38 bits per heavy atom. The second-order valence-electron chi connectivity index (χ2n) is 5.81. The molecule has 2 rings (SSSR count). The van der Waals surface area contributed by atoms with Gasteiger partial charge in [-0.25, -0.2) is 17.5 Å². The van der Waals surface area contributed by atoms with Gasteiger partial charge in [0.05, 0.1) is 14.9 Å². The molecule has 0 unspecified atom stereocenters. The van der Waals surface area contributed by atoms with E-state index in [2.05, 4.69) is 5.32 Å². The summed E-state index contributed by atoms with van der Waals surface area (Å²) in [7, 11) is 0.921. The number of carbonyl (C=O) groups is 1. The molecule has 140 valence electrons. The fraction of sp³-hybridized carbons (Fsp3) is 0.235. The number of rotatable bonds is 5. The maximum Gasteiger partial charge on any atom is 0.321 e. The molecule has 0 heterocycles. The molecule has 2 aromatic carbocycles. The van der Waals surface area contributed by atoms with Crippen molar-refractivity contribution in [2.75, 3.05) is 26.5 Å². The quantitative estimate of drug-likeness (QED) is 0.804. The van der Waals surface area contributed by atoms with Crippen LogP contribution in [0.2, 0.25) is 10.0 Å².